The monoisotopic (exact) mass is 456 g/mol. The van der Waals surface area contributed by atoms with Gasteiger partial charge in [-0.3, -0.25) is 9.47 Å². The molecule has 1 aliphatic rings. The highest BCUT2D eigenvalue weighted by Crippen LogP contribution is 2.23. The van der Waals surface area contributed by atoms with Crippen LogP contribution >= 0.6 is 12.2 Å². The summed E-state index contributed by atoms with van der Waals surface area (Å²) < 4.78 is 29.3. The molecule has 32 heavy (non-hydrogen) atoms. The minimum absolute atomic E-state index is 0.125. The number of halogens is 1. The Morgan fingerprint density at radius 1 is 1.19 bits per heavy atom. The maximum absolute atomic E-state index is 13.5. The summed E-state index contributed by atoms with van der Waals surface area (Å²) >= 11 is 5.79. The maximum atomic E-state index is 13.5. The van der Waals surface area contributed by atoms with E-state index in [0.29, 0.717) is 24.6 Å². The normalized spacial score (nSPS) is 16.1. The van der Waals surface area contributed by atoms with Crippen LogP contribution in [0.5, 0.6) is 5.75 Å². The van der Waals surface area contributed by atoms with E-state index < -0.39 is 0 Å². The van der Waals surface area contributed by atoms with E-state index in [2.05, 4.69) is 17.0 Å². The van der Waals surface area contributed by atoms with Crippen LogP contribution in [-0.4, -0.2) is 45.6 Å². The van der Waals surface area contributed by atoms with Crippen molar-refractivity contribution in [1.82, 2.24) is 19.2 Å². The van der Waals surface area contributed by atoms with Crippen molar-refractivity contribution in [3.05, 3.63) is 64.7 Å². The third-order valence-electron chi connectivity index (χ3n) is 5.50. The molecule has 1 fully saturated rings. The van der Waals surface area contributed by atoms with Gasteiger partial charge < -0.3 is 9.47 Å². The van der Waals surface area contributed by atoms with Gasteiger partial charge in [0.1, 0.15) is 11.6 Å². The molecule has 0 aliphatic carbocycles. The van der Waals surface area contributed by atoms with Crippen LogP contribution in [-0.2, 0) is 24.5 Å². The Balaban J connectivity index is 1.54. The molecule has 1 atom stereocenters. The number of hydrogen-bond donors (Lipinski definition) is 0. The number of aromatic nitrogens is 3. The zero-order valence-corrected chi connectivity index (χ0v) is 19.4. The van der Waals surface area contributed by atoms with Crippen LogP contribution in [0.15, 0.2) is 48.5 Å². The van der Waals surface area contributed by atoms with Crippen molar-refractivity contribution in [3.63, 3.8) is 0 Å². The van der Waals surface area contributed by atoms with Crippen molar-refractivity contribution in [2.24, 2.45) is 0 Å². The van der Waals surface area contributed by atoms with E-state index in [1.165, 1.54) is 17.7 Å². The molecule has 0 bridgehead atoms. The number of benzene rings is 2. The number of rotatable bonds is 9. The molecule has 0 amide bonds. The van der Waals surface area contributed by atoms with Gasteiger partial charge in [0.05, 0.1) is 25.9 Å². The summed E-state index contributed by atoms with van der Waals surface area (Å²) in [6.45, 7) is 5.35. The van der Waals surface area contributed by atoms with Gasteiger partial charge in [-0.05, 0) is 81.0 Å². The van der Waals surface area contributed by atoms with Gasteiger partial charge in [-0.1, -0.05) is 12.1 Å². The van der Waals surface area contributed by atoms with Crippen molar-refractivity contribution in [2.75, 3.05) is 20.3 Å². The standard InChI is InChI=1S/C24H29FN4O2S/c1-3-30-21-12-6-18(7-13-21)15-27(2)17-29-24(32)28(16-22-5-4-14-31-22)23(26-29)19-8-10-20(25)11-9-19/h6-13,22H,3-5,14-17H2,1-2H3. The van der Waals surface area contributed by atoms with Crippen LogP contribution in [0.4, 0.5) is 4.39 Å². The molecule has 1 unspecified atom stereocenters. The molecule has 1 saturated heterocycles. The third kappa shape index (κ3) is 5.43. The summed E-state index contributed by atoms with van der Waals surface area (Å²) in [5.41, 5.74) is 2.02. The lowest BCUT2D eigenvalue weighted by molar-refractivity contribution is 0.0967. The average Bonchev–Trinajstić information content (AvgIpc) is 3.40. The Kier molecular flexibility index (Phi) is 7.34. The van der Waals surface area contributed by atoms with Crippen molar-refractivity contribution >= 4 is 12.2 Å². The van der Waals surface area contributed by atoms with Gasteiger partial charge >= 0.3 is 0 Å². The van der Waals surface area contributed by atoms with Gasteiger partial charge in [-0.25, -0.2) is 9.07 Å². The maximum Gasteiger partial charge on any atom is 0.199 e. The van der Waals surface area contributed by atoms with Gasteiger partial charge in [0.2, 0.25) is 0 Å². The second-order valence-corrected chi connectivity index (χ2v) is 8.46. The molecule has 170 valence electrons. The van der Waals surface area contributed by atoms with Crippen LogP contribution in [0.2, 0.25) is 0 Å². The first-order chi connectivity index (χ1) is 15.5. The lowest BCUT2D eigenvalue weighted by Gasteiger charge is -2.17. The third-order valence-corrected chi connectivity index (χ3v) is 5.93. The van der Waals surface area contributed by atoms with Crippen LogP contribution in [0, 0.1) is 10.6 Å². The molecule has 2 aromatic carbocycles. The van der Waals surface area contributed by atoms with E-state index in [-0.39, 0.29) is 11.9 Å². The summed E-state index contributed by atoms with van der Waals surface area (Å²) in [6.07, 6.45) is 2.19. The molecule has 3 aromatic rings. The van der Waals surface area contributed by atoms with Crippen molar-refractivity contribution in [3.8, 4) is 17.1 Å². The molecular weight excluding hydrogens is 427 g/mol. The molecule has 1 aliphatic heterocycles. The van der Waals surface area contributed by atoms with E-state index in [1.807, 2.05) is 35.4 Å². The van der Waals surface area contributed by atoms with E-state index in [0.717, 1.165) is 43.1 Å². The molecule has 0 saturated carbocycles. The SMILES string of the molecule is CCOc1ccc(CN(C)Cn2nc(-c3ccc(F)cc3)n(CC3CCCO3)c2=S)cc1. The fraction of sp³-hybridized carbons (Fsp3) is 0.417. The Morgan fingerprint density at radius 2 is 1.94 bits per heavy atom. The fourth-order valence-electron chi connectivity index (χ4n) is 3.95. The lowest BCUT2D eigenvalue weighted by Crippen LogP contribution is -2.23. The predicted molar refractivity (Wildman–Crippen MR) is 124 cm³/mol. The molecule has 4 rings (SSSR count). The average molecular weight is 457 g/mol. The van der Waals surface area contributed by atoms with Crippen LogP contribution in [0.1, 0.15) is 25.3 Å². The van der Waals surface area contributed by atoms with E-state index in [4.69, 9.17) is 26.8 Å². The molecule has 0 N–H and O–H groups in total. The number of ether oxygens (including phenoxy) is 2. The highest BCUT2D eigenvalue weighted by Gasteiger charge is 2.21. The van der Waals surface area contributed by atoms with Gasteiger partial charge in [0.15, 0.2) is 10.6 Å². The number of hydrogen-bond acceptors (Lipinski definition) is 5. The predicted octanol–water partition coefficient (Wildman–Crippen LogP) is 4.89. The lowest BCUT2D eigenvalue weighted by atomic mass is 10.2. The molecule has 1 aromatic heterocycles. The minimum Gasteiger partial charge on any atom is -0.494 e. The number of nitrogens with zero attached hydrogens (tertiary/aromatic N) is 4. The quantitative estimate of drug-likeness (QED) is 0.429. The minimum atomic E-state index is -0.271. The summed E-state index contributed by atoms with van der Waals surface area (Å²) in [4.78, 5) is 2.16. The zero-order valence-electron chi connectivity index (χ0n) is 18.5. The summed E-state index contributed by atoms with van der Waals surface area (Å²) in [5, 5.41) is 4.81. The fourth-order valence-corrected chi connectivity index (χ4v) is 4.21. The molecule has 8 heteroatoms. The zero-order chi connectivity index (χ0) is 22.5. The molecular formula is C24H29FN4O2S. The molecule has 0 radical (unpaired) electrons. The van der Waals surface area contributed by atoms with Crippen LogP contribution in [0.25, 0.3) is 11.4 Å². The van der Waals surface area contributed by atoms with Gasteiger partial charge in [-0.15, -0.1) is 0 Å². The highest BCUT2D eigenvalue weighted by atomic mass is 32.1. The second kappa shape index (κ2) is 10.4. The van der Waals surface area contributed by atoms with Gasteiger partial charge in [0.25, 0.3) is 0 Å². The Labute approximate surface area is 193 Å². The van der Waals surface area contributed by atoms with E-state index in [9.17, 15) is 4.39 Å². The molecule has 0 spiro atoms. The topological polar surface area (TPSA) is 44.5 Å². The van der Waals surface area contributed by atoms with Crippen molar-refractivity contribution < 1.29 is 13.9 Å². The first kappa shape index (κ1) is 22.6. The van der Waals surface area contributed by atoms with Crippen LogP contribution < -0.4 is 4.74 Å². The Morgan fingerprint density at radius 3 is 2.59 bits per heavy atom. The van der Waals surface area contributed by atoms with Crippen LogP contribution in [0.3, 0.4) is 0 Å². The Bertz CT molecular complexity index is 1070. The summed E-state index contributed by atoms with van der Waals surface area (Å²) in [7, 11) is 2.04. The van der Waals surface area contributed by atoms with Crippen molar-refractivity contribution in [2.45, 2.75) is 45.6 Å². The second-order valence-electron chi connectivity index (χ2n) is 8.09. The smallest absolute Gasteiger partial charge is 0.199 e. The molecule has 6 nitrogen and oxygen atoms in total. The largest absolute Gasteiger partial charge is 0.494 e. The summed E-state index contributed by atoms with van der Waals surface area (Å²) in [6, 6.07) is 14.5. The molecule has 2 heterocycles. The van der Waals surface area contributed by atoms with E-state index in [1.54, 1.807) is 12.1 Å². The van der Waals surface area contributed by atoms with Crippen molar-refractivity contribution in [1.29, 1.82) is 0 Å². The first-order valence-electron chi connectivity index (χ1n) is 11.0. The Hall–Kier alpha value is -2.55. The van der Waals surface area contributed by atoms with E-state index >= 15 is 0 Å². The summed E-state index contributed by atoms with van der Waals surface area (Å²) in [5.74, 6) is 1.34. The highest BCUT2D eigenvalue weighted by molar-refractivity contribution is 7.71. The first-order valence-corrected chi connectivity index (χ1v) is 11.4. The van der Waals surface area contributed by atoms with Gasteiger partial charge in [-0.2, -0.15) is 5.10 Å². The van der Waals surface area contributed by atoms with Gasteiger partial charge in [0, 0.05) is 18.7 Å².